The Balaban J connectivity index is 1.65. The van der Waals surface area contributed by atoms with Crippen molar-refractivity contribution in [3.8, 4) is 0 Å². The van der Waals surface area contributed by atoms with E-state index in [4.69, 9.17) is 5.73 Å². The van der Waals surface area contributed by atoms with Crippen LogP contribution >= 0.6 is 0 Å². The summed E-state index contributed by atoms with van der Waals surface area (Å²) in [6.45, 7) is 3.23. The van der Waals surface area contributed by atoms with Crippen LogP contribution in [-0.2, 0) is 17.9 Å². The van der Waals surface area contributed by atoms with Crippen molar-refractivity contribution in [3.05, 3.63) is 11.9 Å². The van der Waals surface area contributed by atoms with Crippen LogP contribution in [0.2, 0.25) is 0 Å². The second-order valence-electron chi connectivity index (χ2n) is 6.41. The van der Waals surface area contributed by atoms with E-state index in [0.717, 1.165) is 38.2 Å². The van der Waals surface area contributed by atoms with Gasteiger partial charge in [0, 0.05) is 39.4 Å². The molecule has 0 aromatic carbocycles. The van der Waals surface area contributed by atoms with E-state index in [0.29, 0.717) is 18.5 Å². The lowest BCUT2D eigenvalue weighted by Crippen LogP contribution is -2.57. The standard InChI is InChI=1S/C14H24N6O/c1-18(2)14(21)13-9-19-4-3-10(13)5-12(19)8-20-7-11(6-15)16-17-20/h7,10,12-13H,3-6,8-9,15H2,1-2H3/t10-,12-,13-/m1/s1. The number of carbonyl (C=O) groups excluding carboxylic acids is 1. The first-order chi connectivity index (χ1) is 10.1. The number of aromatic nitrogens is 3. The van der Waals surface area contributed by atoms with Crippen molar-refractivity contribution < 1.29 is 4.79 Å². The minimum atomic E-state index is 0.167. The van der Waals surface area contributed by atoms with Crippen LogP contribution in [0.5, 0.6) is 0 Å². The normalized spacial score (nSPS) is 31.4. The largest absolute Gasteiger partial charge is 0.349 e. The van der Waals surface area contributed by atoms with Gasteiger partial charge in [-0.2, -0.15) is 0 Å². The minimum Gasteiger partial charge on any atom is -0.349 e. The Hall–Kier alpha value is -1.47. The van der Waals surface area contributed by atoms with Crippen molar-refractivity contribution >= 4 is 5.91 Å². The van der Waals surface area contributed by atoms with Gasteiger partial charge in [0.1, 0.15) is 0 Å². The van der Waals surface area contributed by atoms with Gasteiger partial charge in [-0.15, -0.1) is 5.10 Å². The second kappa shape index (κ2) is 5.73. The minimum absolute atomic E-state index is 0.167. The molecule has 21 heavy (non-hydrogen) atoms. The topological polar surface area (TPSA) is 80.3 Å². The Kier molecular flexibility index (Phi) is 3.95. The Morgan fingerprint density at radius 2 is 2.33 bits per heavy atom. The van der Waals surface area contributed by atoms with Crippen LogP contribution in [0.25, 0.3) is 0 Å². The van der Waals surface area contributed by atoms with Gasteiger partial charge < -0.3 is 10.6 Å². The zero-order valence-corrected chi connectivity index (χ0v) is 12.8. The molecule has 116 valence electrons. The van der Waals surface area contributed by atoms with E-state index >= 15 is 0 Å². The van der Waals surface area contributed by atoms with Crippen LogP contribution in [0.1, 0.15) is 18.5 Å². The monoisotopic (exact) mass is 292 g/mol. The number of fused-ring (bicyclic) bond motifs is 3. The third-order valence-corrected chi connectivity index (χ3v) is 4.83. The number of hydrogen-bond donors (Lipinski definition) is 1. The molecule has 0 spiro atoms. The first-order valence-electron chi connectivity index (χ1n) is 7.62. The van der Waals surface area contributed by atoms with E-state index < -0.39 is 0 Å². The van der Waals surface area contributed by atoms with Crippen LogP contribution < -0.4 is 5.73 Å². The Morgan fingerprint density at radius 3 is 2.90 bits per heavy atom. The Morgan fingerprint density at radius 1 is 1.52 bits per heavy atom. The average Bonchev–Trinajstić information content (AvgIpc) is 2.94. The molecule has 1 amide bonds. The molecule has 1 aromatic heterocycles. The van der Waals surface area contributed by atoms with E-state index in [-0.39, 0.29) is 11.8 Å². The molecule has 0 aliphatic carbocycles. The smallest absolute Gasteiger partial charge is 0.226 e. The Bertz CT molecular complexity index is 513. The van der Waals surface area contributed by atoms with E-state index in [9.17, 15) is 4.79 Å². The SMILES string of the molecule is CN(C)C(=O)[C@@H]1CN2CC[C@@H]1C[C@@H]2Cn1cc(CN)nn1. The molecular weight excluding hydrogens is 268 g/mol. The number of nitrogens with two attached hydrogens (primary N) is 1. The van der Waals surface area contributed by atoms with Gasteiger partial charge in [-0.05, 0) is 25.3 Å². The highest BCUT2D eigenvalue weighted by Gasteiger charge is 2.43. The van der Waals surface area contributed by atoms with Crippen LogP contribution in [-0.4, -0.2) is 63.9 Å². The first-order valence-corrected chi connectivity index (χ1v) is 7.62. The van der Waals surface area contributed by atoms with Crippen molar-refractivity contribution in [1.29, 1.82) is 0 Å². The summed E-state index contributed by atoms with van der Waals surface area (Å²) in [5.41, 5.74) is 6.39. The number of rotatable bonds is 4. The van der Waals surface area contributed by atoms with Crippen molar-refractivity contribution in [3.63, 3.8) is 0 Å². The average molecular weight is 292 g/mol. The fraction of sp³-hybridized carbons (Fsp3) is 0.786. The highest BCUT2D eigenvalue weighted by molar-refractivity contribution is 5.79. The van der Waals surface area contributed by atoms with Crippen LogP contribution in [0, 0.1) is 11.8 Å². The fourth-order valence-electron chi connectivity index (χ4n) is 3.68. The quantitative estimate of drug-likeness (QED) is 0.812. The molecule has 3 aliphatic rings. The third-order valence-electron chi connectivity index (χ3n) is 4.83. The van der Waals surface area contributed by atoms with Crippen LogP contribution in [0.15, 0.2) is 6.20 Å². The van der Waals surface area contributed by atoms with Gasteiger partial charge in [0.15, 0.2) is 0 Å². The number of nitrogens with zero attached hydrogens (tertiary/aromatic N) is 5. The maximum atomic E-state index is 12.3. The molecule has 7 heteroatoms. The molecule has 2 N–H and O–H groups in total. The van der Waals surface area contributed by atoms with Crippen molar-refractivity contribution in [2.24, 2.45) is 17.6 Å². The summed E-state index contributed by atoms with van der Waals surface area (Å²) in [5, 5.41) is 8.17. The zero-order valence-electron chi connectivity index (χ0n) is 12.8. The highest BCUT2D eigenvalue weighted by Crippen LogP contribution is 2.37. The summed E-state index contributed by atoms with van der Waals surface area (Å²) < 4.78 is 1.89. The van der Waals surface area contributed by atoms with Gasteiger partial charge in [0.2, 0.25) is 5.91 Å². The van der Waals surface area contributed by atoms with Gasteiger partial charge >= 0.3 is 0 Å². The van der Waals surface area contributed by atoms with Gasteiger partial charge in [0.05, 0.1) is 18.2 Å². The first kappa shape index (κ1) is 14.5. The number of piperidine rings is 3. The number of carbonyl (C=O) groups is 1. The number of hydrogen-bond acceptors (Lipinski definition) is 5. The van der Waals surface area contributed by atoms with E-state index in [1.54, 1.807) is 4.90 Å². The second-order valence-corrected chi connectivity index (χ2v) is 6.41. The molecule has 3 fully saturated rings. The van der Waals surface area contributed by atoms with Crippen LogP contribution in [0.4, 0.5) is 0 Å². The van der Waals surface area contributed by atoms with Crippen molar-refractivity contribution in [1.82, 2.24) is 24.8 Å². The molecule has 1 aromatic rings. The molecular formula is C14H24N6O. The van der Waals surface area contributed by atoms with E-state index in [1.165, 1.54) is 0 Å². The molecule has 4 atom stereocenters. The predicted octanol–water partition coefficient (Wildman–Crippen LogP) is -0.465. The van der Waals surface area contributed by atoms with Gasteiger partial charge in [-0.1, -0.05) is 5.21 Å². The molecule has 3 saturated heterocycles. The summed E-state index contributed by atoms with van der Waals surface area (Å²) in [4.78, 5) is 16.4. The van der Waals surface area contributed by atoms with Crippen molar-refractivity contribution in [2.75, 3.05) is 27.2 Å². The lowest BCUT2D eigenvalue weighted by atomic mass is 9.75. The maximum absolute atomic E-state index is 12.3. The third kappa shape index (κ3) is 2.80. The lowest BCUT2D eigenvalue weighted by molar-refractivity contribution is -0.141. The summed E-state index contributed by atoms with van der Waals surface area (Å²) >= 11 is 0. The summed E-state index contributed by atoms with van der Waals surface area (Å²) in [7, 11) is 3.70. The predicted molar refractivity (Wildman–Crippen MR) is 78.2 cm³/mol. The summed E-state index contributed by atoms with van der Waals surface area (Å²) in [5.74, 6) is 0.946. The Labute approximate surface area is 125 Å². The summed E-state index contributed by atoms with van der Waals surface area (Å²) in [6, 6.07) is 0.460. The molecule has 0 radical (unpaired) electrons. The van der Waals surface area contributed by atoms with Gasteiger partial charge in [0.25, 0.3) is 0 Å². The van der Waals surface area contributed by atoms with E-state index in [2.05, 4.69) is 15.2 Å². The van der Waals surface area contributed by atoms with Crippen LogP contribution in [0.3, 0.4) is 0 Å². The molecule has 7 nitrogen and oxygen atoms in total. The molecule has 4 rings (SSSR count). The van der Waals surface area contributed by atoms with Crippen molar-refractivity contribution in [2.45, 2.75) is 32.0 Å². The molecule has 4 heterocycles. The van der Waals surface area contributed by atoms with Gasteiger partial charge in [-0.3, -0.25) is 14.4 Å². The van der Waals surface area contributed by atoms with E-state index in [1.807, 2.05) is 25.0 Å². The molecule has 3 aliphatic heterocycles. The maximum Gasteiger partial charge on any atom is 0.226 e. The lowest BCUT2D eigenvalue weighted by Gasteiger charge is -2.49. The highest BCUT2D eigenvalue weighted by atomic mass is 16.2. The van der Waals surface area contributed by atoms with Gasteiger partial charge in [-0.25, -0.2) is 0 Å². The molecule has 0 saturated carbocycles. The molecule has 1 unspecified atom stereocenters. The summed E-state index contributed by atoms with van der Waals surface area (Å²) in [6.07, 6.45) is 4.13. The fourth-order valence-corrected chi connectivity index (χ4v) is 3.68. The number of amides is 1. The zero-order chi connectivity index (χ0) is 15.0. The molecule has 2 bridgehead atoms.